The Hall–Kier alpha value is -2.09. The zero-order valence-corrected chi connectivity index (χ0v) is 20.4. The Kier molecular flexibility index (Phi) is 8.57. The first-order chi connectivity index (χ1) is 15.3. The Morgan fingerprint density at radius 3 is 2.62 bits per heavy atom. The molecule has 1 N–H and O–H groups in total. The first-order valence-electron chi connectivity index (χ1n) is 11.0. The molecule has 1 aliphatic heterocycles. The van der Waals surface area contributed by atoms with Crippen LogP contribution in [0, 0.1) is 6.92 Å². The molecule has 2 aromatic carbocycles. The van der Waals surface area contributed by atoms with Gasteiger partial charge in [0.1, 0.15) is 0 Å². The van der Waals surface area contributed by atoms with Crippen molar-refractivity contribution in [3.05, 3.63) is 64.2 Å². The van der Waals surface area contributed by atoms with Crippen LogP contribution in [0.15, 0.2) is 42.5 Å². The number of hydrogen-bond acceptors (Lipinski definition) is 4. The smallest absolute Gasteiger partial charge is 0.232 e. The van der Waals surface area contributed by atoms with Crippen LogP contribution in [0.4, 0.5) is 5.69 Å². The van der Waals surface area contributed by atoms with Crippen LogP contribution in [-0.4, -0.2) is 51.7 Å². The molecule has 0 saturated heterocycles. The van der Waals surface area contributed by atoms with Gasteiger partial charge in [0.15, 0.2) is 0 Å². The second kappa shape index (κ2) is 11.2. The molecule has 0 saturated carbocycles. The van der Waals surface area contributed by atoms with Crippen LogP contribution in [-0.2, 0) is 27.8 Å². The van der Waals surface area contributed by atoms with E-state index < -0.39 is 10.0 Å². The van der Waals surface area contributed by atoms with Gasteiger partial charge in [-0.05, 0) is 55.0 Å². The summed E-state index contributed by atoms with van der Waals surface area (Å²) >= 11 is 6.16. The lowest BCUT2D eigenvalue weighted by molar-refractivity contribution is -0.121. The predicted octanol–water partition coefficient (Wildman–Crippen LogP) is 3.76. The highest BCUT2D eigenvalue weighted by Gasteiger charge is 2.20. The summed E-state index contributed by atoms with van der Waals surface area (Å²) in [5.41, 5.74) is 4.11. The topological polar surface area (TPSA) is 69.7 Å². The fraction of sp³-hybridized carbons (Fsp3) is 0.458. The SMILES string of the molecule is Cc1c(Cl)cccc1N(CCCC(=O)NCCCN1CCc2ccccc2C1)S(C)(=O)=O. The Morgan fingerprint density at radius 1 is 1.12 bits per heavy atom. The lowest BCUT2D eigenvalue weighted by atomic mass is 10.00. The summed E-state index contributed by atoms with van der Waals surface area (Å²) < 4.78 is 25.9. The van der Waals surface area contributed by atoms with Crippen LogP contribution in [0.25, 0.3) is 0 Å². The average molecular weight is 478 g/mol. The summed E-state index contributed by atoms with van der Waals surface area (Å²) in [6.07, 6.45) is 3.86. The van der Waals surface area contributed by atoms with Crippen molar-refractivity contribution in [2.75, 3.05) is 36.7 Å². The first-order valence-corrected chi connectivity index (χ1v) is 13.3. The summed E-state index contributed by atoms with van der Waals surface area (Å²) in [6, 6.07) is 13.8. The summed E-state index contributed by atoms with van der Waals surface area (Å²) in [4.78, 5) is 14.7. The number of carbonyl (C=O) groups is 1. The van der Waals surface area contributed by atoms with Crippen molar-refractivity contribution in [3.8, 4) is 0 Å². The van der Waals surface area contributed by atoms with Crippen molar-refractivity contribution in [1.82, 2.24) is 10.2 Å². The third-order valence-corrected chi connectivity index (χ3v) is 7.45. The molecular weight excluding hydrogens is 446 g/mol. The van der Waals surface area contributed by atoms with Gasteiger partial charge in [-0.25, -0.2) is 8.42 Å². The molecule has 0 spiro atoms. The molecule has 0 aliphatic carbocycles. The van der Waals surface area contributed by atoms with E-state index in [0.717, 1.165) is 32.5 Å². The highest BCUT2D eigenvalue weighted by molar-refractivity contribution is 7.92. The number of amides is 1. The fourth-order valence-corrected chi connectivity index (χ4v) is 5.26. The molecule has 0 atom stereocenters. The summed E-state index contributed by atoms with van der Waals surface area (Å²) in [5, 5.41) is 3.48. The number of fused-ring (bicyclic) bond motifs is 1. The van der Waals surface area contributed by atoms with Gasteiger partial charge in [-0.3, -0.25) is 14.0 Å². The molecule has 32 heavy (non-hydrogen) atoms. The van der Waals surface area contributed by atoms with Crippen molar-refractivity contribution in [2.45, 2.75) is 39.2 Å². The van der Waals surface area contributed by atoms with Crippen LogP contribution < -0.4 is 9.62 Å². The van der Waals surface area contributed by atoms with Gasteiger partial charge in [-0.2, -0.15) is 0 Å². The molecule has 174 valence electrons. The van der Waals surface area contributed by atoms with E-state index in [-0.39, 0.29) is 18.9 Å². The van der Waals surface area contributed by atoms with Crippen LogP contribution >= 0.6 is 11.6 Å². The highest BCUT2D eigenvalue weighted by atomic mass is 35.5. The number of carbonyl (C=O) groups excluding carboxylic acids is 1. The number of nitrogens with zero attached hydrogens (tertiary/aromatic N) is 2. The highest BCUT2D eigenvalue weighted by Crippen LogP contribution is 2.28. The number of nitrogens with one attached hydrogen (secondary N) is 1. The quantitative estimate of drug-likeness (QED) is 0.529. The minimum atomic E-state index is -3.47. The van der Waals surface area contributed by atoms with Gasteiger partial charge in [0, 0.05) is 44.2 Å². The third-order valence-electron chi connectivity index (χ3n) is 5.86. The molecule has 1 heterocycles. The molecule has 8 heteroatoms. The normalized spacial score (nSPS) is 14.1. The van der Waals surface area contributed by atoms with E-state index in [1.807, 2.05) is 0 Å². The van der Waals surface area contributed by atoms with Gasteiger partial charge in [-0.15, -0.1) is 0 Å². The minimum Gasteiger partial charge on any atom is -0.356 e. The van der Waals surface area contributed by atoms with Gasteiger partial charge < -0.3 is 5.32 Å². The zero-order valence-electron chi connectivity index (χ0n) is 18.8. The molecule has 0 unspecified atom stereocenters. The van der Waals surface area contributed by atoms with E-state index in [0.29, 0.717) is 29.2 Å². The maximum absolute atomic E-state index is 12.3. The molecule has 0 radical (unpaired) electrons. The van der Waals surface area contributed by atoms with E-state index in [9.17, 15) is 13.2 Å². The van der Waals surface area contributed by atoms with Crippen molar-refractivity contribution >= 4 is 33.2 Å². The van der Waals surface area contributed by atoms with E-state index in [4.69, 9.17) is 11.6 Å². The maximum Gasteiger partial charge on any atom is 0.232 e. The monoisotopic (exact) mass is 477 g/mol. The first kappa shape index (κ1) is 24.6. The molecule has 1 aliphatic rings. The largest absolute Gasteiger partial charge is 0.356 e. The summed E-state index contributed by atoms with van der Waals surface area (Å²) in [7, 11) is -3.47. The van der Waals surface area contributed by atoms with E-state index in [2.05, 4.69) is 34.5 Å². The molecule has 3 rings (SSSR count). The fourth-order valence-electron chi connectivity index (χ4n) is 4.08. The summed E-state index contributed by atoms with van der Waals surface area (Å²) in [6.45, 7) is 5.62. The number of sulfonamides is 1. The van der Waals surface area contributed by atoms with Gasteiger partial charge in [0.05, 0.1) is 11.9 Å². The Balaban J connectivity index is 1.39. The molecule has 0 fully saturated rings. The molecule has 0 aromatic heterocycles. The second-order valence-corrected chi connectivity index (χ2v) is 10.6. The van der Waals surface area contributed by atoms with Crippen molar-refractivity contribution in [1.29, 1.82) is 0 Å². The van der Waals surface area contributed by atoms with Crippen LogP contribution in [0.2, 0.25) is 5.02 Å². The van der Waals surface area contributed by atoms with Gasteiger partial charge in [-0.1, -0.05) is 41.9 Å². The van der Waals surface area contributed by atoms with E-state index >= 15 is 0 Å². The maximum atomic E-state index is 12.3. The Morgan fingerprint density at radius 2 is 1.88 bits per heavy atom. The molecule has 2 aromatic rings. The number of anilines is 1. The van der Waals surface area contributed by atoms with Crippen molar-refractivity contribution in [2.24, 2.45) is 0 Å². The predicted molar refractivity (Wildman–Crippen MR) is 131 cm³/mol. The summed E-state index contributed by atoms with van der Waals surface area (Å²) in [5.74, 6) is -0.0507. The number of rotatable bonds is 10. The molecule has 6 nitrogen and oxygen atoms in total. The molecule has 0 bridgehead atoms. The lowest BCUT2D eigenvalue weighted by Gasteiger charge is -2.28. The molecule has 1 amide bonds. The molecular formula is C24H32ClN3O3S. The van der Waals surface area contributed by atoms with Crippen LogP contribution in [0.1, 0.15) is 36.0 Å². The second-order valence-electron chi connectivity index (χ2n) is 8.32. The third kappa shape index (κ3) is 6.70. The number of hydrogen-bond donors (Lipinski definition) is 1. The number of benzene rings is 2. The van der Waals surface area contributed by atoms with Crippen LogP contribution in [0.3, 0.4) is 0 Å². The Bertz CT molecular complexity index is 1040. The minimum absolute atomic E-state index is 0.0507. The van der Waals surface area contributed by atoms with Crippen LogP contribution in [0.5, 0.6) is 0 Å². The van der Waals surface area contributed by atoms with Gasteiger partial charge in [0.25, 0.3) is 0 Å². The standard InChI is InChI=1S/C24H32ClN3O3S/c1-19-22(25)10-5-11-23(19)28(32(2,30)31)16-6-12-24(29)26-14-7-15-27-17-13-20-8-3-4-9-21(20)18-27/h3-5,8-11H,6-7,12-18H2,1-2H3,(H,26,29). The zero-order chi connectivity index (χ0) is 23.1. The van der Waals surface area contributed by atoms with E-state index in [1.165, 1.54) is 21.7 Å². The average Bonchev–Trinajstić information content (AvgIpc) is 2.76. The van der Waals surface area contributed by atoms with E-state index in [1.54, 1.807) is 25.1 Å². The Labute approximate surface area is 196 Å². The van der Waals surface area contributed by atoms with Crippen molar-refractivity contribution < 1.29 is 13.2 Å². The van der Waals surface area contributed by atoms with Crippen molar-refractivity contribution in [3.63, 3.8) is 0 Å². The lowest BCUT2D eigenvalue weighted by Crippen LogP contribution is -2.34. The van der Waals surface area contributed by atoms with Gasteiger partial charge in [0.2, 0.25) is 15.9 Å². The number of halogens is 1. The van der Waals surface area contributed by atoms with Gasteiger partial charge >= 0.3 is 0 Å².